The lowest BCUT2D eigenvalue weighted by atomic mass is 10.1. The van der Waals surface area contributed by atoms with Crippen LogP contribution in [0.25, 0.3) is 0 Å². The molecule has 2 aromatic carbocycles. The number of hydrogen-bond acceptors (Lipinski definition) is 2. The molecule has 2 amide bonds. The summed E-state index contributed by atoms with van der Waals surface area (Å²) in [6.07, 6.45) is 0.168. The number of anilines is 2. The van der Waals surface area contributed by atoms with Crippen molar-refractivity contribution in [3.63, 3.8) is 0 Å². The summed E-state index contributed by atoms with van der Waals surface area (Å²) in [7, 11) is 0. The zero-order valence-electron chi connectivity index (χ0n) is 13.1. The number of para-hydroxylation sites is 1. The van der Waals surface area contributed by atoms with Gasteiger partial charge in [0, 0.05) is 34.4 Å². The summed E-state index contributed by atoms with van der Waals surface area (Å²) >= 11 is 12.0. The topological polar surface area (TPSA) is 49.4 Å². The van der Waals surface area contributed by atoms with E-state index in [9.17, 15) is 9.59 Å². The average molecular weight is 363 g/mol. The Balaban J connectivity index is 1.74. The quantitative estimate of drug-likeness (QED) is 0.884. The van der Waals surface area contributed by atoms with Crippen LogP contribution in [0.1, 0.15) is 12.0 Å². The maximum atomic E-state index is 12.5. The van der Waals surface area contributed by atoms with Gasteiger partial charge in [0.25, 0.3) is 0 Å². The van der Waals surface area contributed by atoms with E-state index in [-0.39, 0.29) is 18.2 Å². The first-order chi connectivity index (χ1) is 11.4. The van der Waals surface area contributed by atoms with Gasteiger partial charge in [-0.2, -0.15) is 0 Å². The number of rotatable bonds is 3. The van der Waals surface area contributed by atoms with Crippen molar-refractivity contribution >= 4 is 46.4 Å². The van der Waals surface area contributed by atoms with Crippen LogP contribution >= 0.6 is 23.2 Å². The van der Waals surface area contributed by atoms with Crippen molar-refractivity contribution in [1.82, 2.24) is 0 Å². The molecular weight excluding hydrogens is 347 g/mol. The van der Waals surface area contributed by atoms with Gasteiger partial charge in [0.1, 0.15) is 0 Å². The van der Waals surface area contributed by atoms with Crippen molar-refractivity contribution in [3.8, 4) is 0 Å². The highest BCUT2D eigenvalue weighted by Gasteiger charge is 2.35. The van der Waals surface area contributed by atoms with Crippen molar-refractivity contribution in [2.24, 2.45) is 5.92 Å². The second kappa shape index (κ2) is 6.83. The van der Waals surface area contributed by atoms with Crippen molar-refractivity contribution in [2.45, 2.75) is 13.3 Å². The molecule has 6 heteroatoms. The Kier molecular flexibility index (Phi) is 4.78. The molecule has 1 fully saturated rings. The number of hydrogen-bond donors (Lipinski definition) is 1. The fourth-order valence-electron chi connectivity index (χ4n) is 2.78. The van der Waals surface area contributed by atoms with Crippen LogP contribution in [-0.2, 0) is 9.59 Å². The molecule has 4 nitrogen and oxygen atoms in total. The standard InChI is InChI=1S/C18H16Cl2N2O2/c1-11-4-2-3-5-16(11)21-18(24)12-6-17(23)22(10-12)15-8-13(19)7-14(20)9-15/h2-5,7-9,12H,6,10H2,1H3,(H,21,24). The highest BCUT2D eigenvalue weighted by Crippen LogP contribution is 2.30. The van der Waals surface area contributed by atoms with Crippen LogP contribution < -0.4 is 10.2 Å². The molecule has 0 aromatic heterocycles. The molecule has 1 unspecified atom stereocenters. The number of carbonyl (C=O) groups is 2. The molecule has 1 heterocycles. The summed E-state index contributed by atoms with van der Waals surface area (Å²) in [5.41, 5.74) is 2.36. The number of nitrogens with zero attached hydrogens (tertiary/aromatic N) is 1. The third-order valence-corrected chi connectivity index (χ3v) is 4.49. The van der Waals surface area contributed by atoms with Crippen molar-refractivity contribution in [1.29, 1.82) is 0 Å². The Morgan fingerprint density at radius 3 is 2.50 bits per heavy atom. The van der Waals surface area contributed by atoms with Gasteiger partial charge >= 0.3 is 0 Å². The van der Waals surface area contributed by atoms with E-state index in [4.69, 9.17) is 23.2 Å². The first-order valence-electron chi connectivity index (χ1n) is 7.57. The third-order valence-electron chi connectivity index (χ3n) is 4.06. The van der Waals surface area contributed by atoms with E-state index in [0.29, 0.717) is 22.3 Å². The maximum Gasteiger partial charge on any atom is 0.229 e. The minimum absolute atomic E-state index is 0.113. The number of nitrogens with one attached hydrogen (secondary N) is 1. The van der Waals surface area contributed by atoms with E-state index in [1.807, 2.05) is 31.2 Å². The predicted octanol–water partition coefficient (Wildman–Crippen LogP) is 4.29. The summed E-state index contributed by atoms with van der Waals surface area (Å²) in [6.45, 7) is 2.24. The minimum atomic E-state index is -0.408. The lowest BCUT2D eigenvalue weighted by molar-refractivity contribution is -0.122. The molecule has 0 bridgehead atoms. The van der Waals surface area contributed by atoms with Crippen LogP contribution in [0.5, 0.6) is 0 Å². The number of carbonyl (C=O) groups excluding carboxylic acids is 2. The third kappa shape index (κ3) is 3.55. The lowest BCUT2D eigenvalue weighted by Crippen LogP contribution is -2.28. The second-order valence-electron chi connectivity index (χ2n) is 5.84. The zero-order chi connectivity index (χ0) is 17.3. The number of halogens is 2. The smallest absolute Gasteiger partial charge is 0.229 e. The van der Waals surface area contributed by atoms with Gasteiger partial charge in [-0.05, 0) is 36.8 Å². The molecule has 1 atom stereocenters. The molecule has 1 saturated heterocycles. The van der Waals surface area contributed by atoms with Gasteiger partial charge in [-0.25, -0.2) is 0 Å². The Morgan fingerprint density at radius 2 is 1.83 bits per heavy atom. The summed E-state index contributed by atoms with van der Waals surface area (Å²) in [6, 6.07) is 12.5. The van der Waals surface area contributed by atoms with Gasteiger partial charge in [-0.3, -0.25) is 9.59 Å². The molecule has 0 spiro atoms. The second-order valence-corrected chi connectivity index (χ2v) is 6.71. The molecule has 2 aromatic rings. The zero-order valence-corrected chi connectivity index (χ0v) is 14.6. The molecule has 1 aliphatic rings. The molecule has 24 heavy (non-hydrogen) atoms. The van der Waals surface area contributed by atoms with E-state index in [1.54, 1.807) is 23.1 Å². The highest BCUT2D eigenvalue weighted by molar-refractivity contribution is 6.35. The number of aryl methyl sites for hydroxylation is 1. The predicted molar refractivity (Wildman–Crippen MR) is 96.7 cm³/mol. The summed E-state index contributed by atoms with van der Waals surface area (Å²) in [5.74, 6) is -0.679. The van der Waals surface area contributed by atoms with Gasteiger partial charge in [-0.15, -0.1) is 0 Å². The fraction of sp³-hybridized carbons (Fsp3) is 0.222. The molecule has 1 N–H and O–H groups in total. The summed E-state index contributed by atoms with van der Waals surface area (Å²) in [4.78, 5) is 26.3. The molecule has 0 aliphatic carbocycles. The highest BCUT2D eigenvalue weighted by atomic mass is 35.5. The van der Waals surface area contributed by atoms with Crippen LogP contribution in [0, 0.1) is 12.8 Å². The van der Waals surface area contributed by atoms with Crippen LogP contribution in [0.2, 0.25) is 10.0 Å². The Labute approximate surface area is 150 Å². The van der Waals surface area contributed by atoms with E-state index < -0.39 is 5.92 Å². The minimum Gasteiger partial charge on any atom is -0.326 e. The van der Waals surface area contributed by atoms with E-state index in [2.05, 4.69) is 5.32 Å². The molecule has 124 valence electrons. The first kappa shape index (κ1) is 16.8. The average Bonchev–Trinajstić information content (AvgIpc) is 2.91. The molecule has 0 saturated carbocycles. The van der Waals surface area contributed by atoms with Gasteiger partial charge < -0.3 is 10.2 Å². The number of benzene rings is 2. The summed E-state index contributed by atoms with van der Waals surface area (Å²) in [5, 5.41) is 3.81. The van der Waals surface area contributed by atoms with Gasteiger partial charge in [0.15, 0.2) is 0 Å². The lowest BCUT2D eigenvalue weighted by Gasteiger charge is -2.17. The molecule has 0 radical (unpaired) electrons. The monoisotopic (exact) mass is 362 g/mol. The fourth-order valence-corrected chi connectivity index (χ4v) is 3.29. The van der Waals surface area contributed by atoms with Crippen molar-refractivity contribution in [3.05, 3.63) is 58.1 Å². The maximum absolute atomic E-state index is 12.5. The van der Waals surface area contributed by atoms with E-state index in [1.165, 1.54) is 0 Å². The SMILES string of the molecule is Cc1ccccc1NC(=O)C1CC(=O)N(c2cc(Cl)cc(Cl)c2)C1. The van der Waals surface area contributed by atoms with E-state index in [0.717, 1.165) is 11.3 Å². The van der Waals surface area contributed by atoms with Gasteiger partial charge in [0.05, 0.1) is 5.92 Å². The Morgan fingerprint density at radius 1 is 1.17 bits per heavy atom. The molecular formula is C18H16Cl2N2O2. The summed E-state index contributed by atoms with van der Waals surface area (Å²) < 4.78 is 0. The largest absolute Gasteiger partial charge is 0.326 e. The van der Waals surface area contributed by atoms with Crippen LogP contribution in [0.4, 0.5) is 11.4 Å². The Hall–Kier alpha value is -2.04. The molecule has 3 rings (SSSR count). The van der Waals surface area contributed by atoms with Crippen molar-refractivity contribution < 1.29 is 9.59 Å². The molecule has 1 aliphatic heterocycles. The normalized spacial score (nSPS) is 17.2. The van der Waals surface area contributed by atoms with E-state index >= 15 is 0 Å². The van der Waals surface area contributed by atoms with Crippen LogP contribution in [0.3, 0.4) is 0 Å². The van der Waals surface area contributed by atoms with Crippen LogP contribution in [-0.4, -0.2) is 18.4 Å². The van der Waals surface area contributed by atoms with Crippen LogP contribution in [0.15, 0.2) is 42.5 Å². The van der Waals surface area contributed by atoms with Gasteiger partial charge in [0.2, 0.25) is 11.8 Å². The number of amides is 2. The van der Waals surface area contributed by atoms with Crippen molar-refractivity contribution in [2.75, 3.05) is 16.8 Å². The Bertz CT molecular complexity index is 787. The van der Waals surface area contributed by atoms with Gasteiger partial charge in [-0.1, -0.05) is 41.4 Å². The first-order valence-corrected chi connectivity index (χ1v) is 8.32.